The van der Waals surface area contributed by atoms with Crippen LogP contribution in [0.3, 0.4) is 0 Å². The van der Waals surface area contributed by atoms with Crippen LogP contribution >= 0.6 is 0 Å². The van der Waals surface area contributed by atoms with Gasteiger partial charge in [-0.3, -0.25) is 14.8 Å². The lowest BCUT2D eigenvalue weighted by Gasteiger charge is -2.24. The van der Waals surface area contributed by atoms with E-state index in [0.717, 1.165) is 60.1 Å². The lowest BCUT2D eigenvalue weighted by molar-refractivity contribution is -0.913. The highest BCUT2D eigenvalue weighted by Crippen LogP contribution is 2.56. The number of nitrogens with zero attached hydrogens (tertiary/aromatic N) is 3. The van der Waals surface area contributed by atoms with Crippen molar-refractivity contribution in [3.63, 3.8) is 0 Å². The van der Waals surface area contributed by atoms with Crippen molar-refractivity contribution in [3.05, 3.63) is 88.6 Å². The predicted octanol–water partition coefficient (Wildman–Crippen LogP) is 3.48. The van der Waals surface area contributed by atoms with E-state index in [1.165, 1.54) is 0 Å². The van der Waals surface area contributed by atoms with E-state index in [-0.39, 0.29) is 34.8 Å². The van der Waals surface area contributed by atoms with E-state index in [2.05, 4.69) is 10.3 Å². The van der Waals surface area contributed by atoms with Gasteiger partial charge in [0.05, 0.1) is 10.9 Å². The number of fused-ring (bicyclic) bond motifs is 1. The number of aliphatic hydroxyl groups is 1. The smallest absolute Gasteiger partial charge is 0.266 e. The Morgan fingerprint density at radius 1 is 1.00 bits per heavy atom. The van der Waals surface area contributed by atoms with Crippen molar-refractivity contribution in [2.75, 3.05) is 0 Å². The summed E-state index contributed by atoms with van der Waals surface area (Å²) in [5, 5.41) is 25.7. The fraction of sp³-hybridized carbons (Fsp3) is 0.333. The average molecular weight is 510 g/mol. The van der Waals surface area contributed by atoms with E-state index in [1.54, 1.807) is 35.3 Å². The van der Waals surface area contributed by atoms with Crippen LogP contribution in [0, 0.1) is 11.8 Å². The van der Waals surface area contributed by atoms with E-state index >= 15 is 0 Å². The Morgan fingerprint density at radius 2 is 1.76 bits per heavy atom. The predicted molar refractivity (Wildman–Crippen MR) is 140 cm³/mol. The number of rotatable bonds is 7. The van der Waals surface area contributed by atoms with Crippen LogP contribution in [0.2, 0.25) is 0 Å². The van der Waals surface area contributed by atoms with Gasteiger partial charge in [0.2, 0.25) is 11.6 Å². The highest BCUT2D eigenvalue weighted by atomic mass is 16.5. The Hall–Kier alpha value is -4.04. The van der Waals surface area contributed by atoms with Crippen LogP contribution in [-0.2, 0) is 5.60 Å². The highest BCUT2D eigenvalue weighted by molar-refractivity contribution is 5.97. The zero-order valence-corrected chi connectivity index (χ0v) is 20.9. The Bertz CT molecular complexity index is 1640. The summed E-state index contributed by atoms with van der Waals surface area (Å²) in [6, 6.07) is 14.9. The second kappa shape index (κ2) is 8.49. The van der Waals surface area contributed by atoms with E-state index in [1.807, 2.05) is 36.4 Å². The minimum Gasteiger partial charge on any atom is -0.378 e. The van der Waals surface area contributed by atoms with Crippen molar-refractivity contribution in [1.29, 1.82) is 0 Å². The van der Waals surface area contributed by atoms with Crippen molar-refractivity contribution in [1.82, 2.24) is 14.9 Å². The number of nitrogens with one attached hydrogen (secondary N) is 1. The SMILES string of the molecule is O=C(NC1CC1)c1cn(-c2cccc(-c3ccc(C(O)(C4CC4)C4CC4)[n+](O)c3)c2)c2ncccc2c1=O. The molecule has 3 aliphatic rings. The molecule has 1 aromatic carbocycles. The molecule has 3 aliphatic carbocycles. The van der Waals surface area contributed by atoms with Crippen molar-refractivity contribution < 1.29 is 19.8 Å². The van der Waals surface area contributed by atoms with E-state index in [9.17, 15) is 19.9 Å². The molecular weight excluding hydrogens is 480 g/mol. The fourth-order valence-electron chi connectivity index (χ4n) is 5.62. The molecule has 0 unspecified atom stereocenters. The van der Waals surface area contributed by atoms with Crippen LogP contribution in [-0.4, -0.2) is 31.8 Å². The summed E-state index contributed by atoms with van der Waals surface area (Å²) < 4.78 is 2.84. The number of aromatic nitrogens is 3. The van der Waals surface area contributed by atoms with Crippen molar-refractivity contribution in [2.45, 2.75) is 50.2 Å². The summed E-state index contributed by atoms with van der Waals surface area (Å²) in [4.78, 5) is 30.5. The van der Waals surface area contributed by atoms with Crippen LogP contribution in [0.15, 0.2) is 71.9 Å². The molecule has 0 saturated heterocycles. The quantitative estimate of drug-likeness (QED) is 0.261. The third kappa shape index (κ3) is 3.87. The molecule has 0 radical (unpaired) electrons. The lowest BCUT2D eigenvalue weighted by atomic mass is 9.87. The average Bonchev–Trinajstić information content (AvgIpc) is 3.77. The monoisotopic (exact) mass is 509 g/mol. The van der Waals surface area contributed by atoms with Crippen LogP contribution in [0.5, 0.6) is 0 Å². The van der Waals surface area contributed by atoms with Gasteiger partial charge >= 0.3 is 0 Å². The molecule has 3 heterocycles. The standard InChI is InChI=1S/C30H28N4O4/c35-27-24-5-2-14-31-28(24)33(17-25(27)29(36)32-22-11-12-22)23-4-1-3-18(15-23)19-6-13-26(34(38)16-19)30(37,20-7-8-20)21-9-10-21/h1-6,13-17,20-22,37H,7-12H2,(H-,32,36,38)/p+1. The molecule has 0 bridgehead atoms. The third-order valence-corrected chi connectivity index (χ3v) is 8.12. The van der Waals surface area contributed by atoms with Crippen molar-refractivity contribution >= 4 is 16.9 Å². The first-order chi connectivity index (χ1) is 18.4. The summed E-state index contributed by atoms with van der Waals surface area (Å²) >= 11 is 0. The van der Waals surface area contributed by atoms with Gasteiger partial charge in [0.25, 0.3) is 11.6 Å². The Labute approximate surface area is 219 Å². The summed E-state index contributed by atoms with van der Waals surface area (Å²) in [6.45, 7) is 0. The second-order valence-corrected chi connectivity index (χ2v) is 10.9. The number of carbonyl (C=O) groups is 1. The van der Waals surface area contributed by atoms with E-state index in [4.69, 9.17) is 0 Å². The lowest BCUT2D eigenvalue weighted by Crippen LogP contribution is -2.46. The molecule has 3 fully saturated rings. The highest BCUT2D eigenvalue weighted by Gasteiger charge is 2.59. The first kappa shape index (κ1) is 23.1. The first-order valence-electron chi connectivity index (χ1n) is 13.3. The molecule has 38 heavy (non-hydrogen) atoms. The number of hydrogen-bond acceptors (Lipinski definition) is 5. The van der Waals surface area contributed by atoms with Gasteiger partial charge in [-0.15, -0.1) is 0 Å². The summed E-state index contributed by atoms with van der Waals surface area (Å²) in [7, 11) is 0. The van der Waals surface area contributed by atoms with Gasteiger partial charge in [-0.1, -0.05) is 12.1 Å². The summed E-state index contributed by atoms with van der Waals surface area (Å²) in [5.41, 5.74) is 2.12. The van der Waals surface area contributed by atoms with Crippen LogP contribution in [0.1, 0.15) is 54.6 Å². The van der Waals surface area contributed by atoms with Gasteiger partial charge < -0.3 is 15.0 Å². The number of carbonyl (C=O) groups excluding carboxylic acids is 1. The largest absolute Gasteiger partial charge is 0.378 e. The maximum absolute atomic E-state index is 13.1. The number of hydrogen-bond donors (Lipinski definition) is 3. The zero-order valence-electron chi connectivity index (χ0n) is 20.9. The molecule has 4 aromatic rings. The Kier molecular flexibility index (Phi) is 5.16. The van der Waals surface area contributed by atoms with Crippen LogP contribution in [0.25, 0.3) is 27.8 Å². The normalized spacial score (nSPS) is 17.5. The molecule has 0 aliphatic heterocycles. The molecule has 8 heteroatoms. The van der Waals surface area contributed by atoms with Gasteiger partial charge in [-0.2, -0.15) is 0 Å². The molecular formula is C30H29N4O4+. The minimum atomic E-state index is -0.979. The molecule has 8 nitrogen and oxygen atoms in total. The molecule has 192 valence electrons. The maximum atomic E-state index is 13.1. The van der Waals surface area contributed by atoms with E-state index < -0.39 is 5.60 Å². The van der Waals surface area contributed by atoms with Crippen molar-refractivity contribution in [2.24, 2.45) is 11.8 Å². The first-order valence-corrected chi connectivity index (χ1v) is 13.3. The molecule has 0 spiro atoms. The molecule has 7 rings (SSSR count). The zero-order chi connectivity index (χ0) is 26.0. The molecule has 3 saturated carbocycles. The van der Waals surface area contributed by atoms with Crippen LogP contribution in [0.4, 0.5) is 0 Å². The Morgan fingerprint density at radius 3 is 2.45 bits per heavy atom. The third-order valence-electron chi connectivity index (χ3n) is 8.12. The van der Waals surface area contributed by atoms with Gasteiger partial charge in [-0.25, -0.2) is 4.98 Å². The molecule has 0 atom stereocenters. The topological polar surface area (TPSA) is 108 Å². The van der Waals surface area contributed by atoms with E-state index in [0.29, 0.717) is 16.7 Å². The number of benzene rings is 1. The van der Waals surface area contributed by atoms with Gasteiger partial charge in [-0.05, 0) is 86.3 Å². The van der Waals surface area contributed by atoms with Gasteiger partial charge in [0, 0.05) is 34.9 Å². The minimum absolute atomic E-state index is 0.0831. The van der Waals surface area contributed by atoms with Gasteiger partial charge in [0.15, 0.2) is 5.60 Å². The summed E-state index contributed by atoms with van der Waals surface area (Å²) in [6.07, 6.45) is 10.6. The molecule has 1 amide bonds. The van der Waals surface area contributed by atoms with Gasteiger partial charge in [0.1, 0.15) is 11.2 Å². The number of pyridine rings is 3. The van der Waals surface area contributed by atoms with Crippen molar-refractivity contribution in [3.8, 4) is 16.8 Å². The maximum Gasteiger partial charge on any atom is 0.266 e. The molecule has 3 N–H and O–H groups in total. The Balaban J connectivity index is 1.30. The summed E-state index contributed by atoms with van der Waals surface area (Å²) in [5.74, 6) is 0.0361. The second-order valence-electron chi connectivity index (χ2n) is 10.9. The van der Waals surface area contributed by atoms with Crippen LogP contribution < -0.4 is 15.5 Å². The molecule has 3 aromatic heterocycles. The fourth-order valence-corrected chi connectivity index (χ4v) is 5.62. The number of amides is 1.